The van der Waals surface area contributed by atoms with Gasteiger partial charge in [-0.25, -0.2) is 0 Å². The fourth-order valence-corrected chi connectivity index (χ4v) is 3.99. The monoisotopic (exact) mass is 289 g/mol. The van der Waals surface area contributed by atoms with E-state index in [0.29, 0.717) is 12.8 Å². The Morgan fingerprint density at radius 3 is 2.62 bits per heavy atom. The average Bonchev–Trinajstić information content (AvgIpc) is 2.93. The largest absolute Gasteiger partial charge is 0.487 e. The summed E-state index contributed by atoms with van der Waals surface area (Å²) in [6.07, 6.45) is 7.29. The molecule has 0 saturated heterocycles. The molecule has 114 valence electrons. The molecule has 1 aromatic carbocycles. The zero-order chi connectivity index (χ0) is 14.3. The second-order valence-electron chi connectivity index (χ2n) is 6.40. The Labute approximate surface area is 125 Å². The van der Waals surface area contributed by atoms with Gasteiger partial charge in [-0.05, 0) is 38.3 Å². The summed E-state index contributed by atoms with van der Waals surface area (Å²) in [5.74, 6) is 2.65. The lowest BCUT2D eigenvalue weighted by Gasteiger charge is -2.44. The number of rotatable bonds is 2. The zero-order valence-corrected chi connectivity index (χ0v) is 12.6. The predicted molar refractivity (Wildman–Crippen MR) is 80.0 cm³/mol. The van der Waals surface area contributed by atoms with Gasteiger partial charge in [-0.3, -0.25) is 0 Å². The topological polar surface area (TPSA) is 39.7 Å². The Hall–Kier alpha value is -1.42. The van der Waals surface area contributed by atoms with Gasteiger partial charge in [-0.2, -0.15) is 0 Å². The van der Waals surface area contributed by atoms with Gasteiger partial charge in [-0.15, -0.1) is 0 Å². The Balaban J connectivity index is 1.72. The molecule has 1 atom stereocenters. The van der Waals surface area contributed by atoms with Crippen LogP contribution in [0.4, 0.5) is 0 Å². The molecule has 1 fully saturated rings. The number of ether oxygens (including phenoxy) is 3. The lowest BCUT2D eigenvalue weighted by atomic mass is 9.77. The standard InChI is InChI=1S/C17H23NO3/c1-2-18-13-10-17(6-4-3-5-7-17)21-14-9-16-15(8-12(13)14)19-11-20-16/h8-9,13,18H,2-7,10-11H2,1H3. The van der Waals surface area contributed by atoms with Crippen molar-refractivity contribution in [3.63, 3.8) is 0 Å². The Kier molecular flexibility index (Phi) is 3.21. The van der Waals surface area contributed by atoms with E-state index < -0.39 is 0 Å². The smallest absolute Gasteiger partial charge is 0.231 e. The summed E-state index contributed by atoms with van der Waals surface area (Å²) in [5.41, 5.74) is 1.24. The summed E-state index contributed by atoms with van der Waals surface area (Å²) in [5, 5.41) is 3.63. The Morgan fingerprint density at radius 1 is 1.10 bits per heavy atom. The van der Waals surface area contributed by atoms with Gasteiger partial charge < -0.3 is 19.5 Å². The zero-order valence-electron chi connectivity index (χ0n) is 12.6. The van der Waals surface area contributed by atoms with E-state index in [1.807, 2.05) is 6.07 Å². The minimum atomic E-state index is 0.0196. The van der Waals surface area contributed by atoms with Gasteiger partial charge in [0, 0.05) is 24.1 Å². The van der Waals surface area contributed by atoms with Crippen LogP contribution in [-0.2, 0) is 0 Å². The van der Waals surface area contributed by atoms with Crippen LogP contribution in [-0.4, -0.2) is 18.9 Å². The van der Waals surface area contributed by atoms with Crippen LogP contribution in [0.3, 0.4) is 0 Å². The van der Waals surface area contributed by atoms with E-state index in [-0.39, 0.29) is 5.60 Å². The predicted octanol–water partition coefficient (Wildman–Crippen LogP) is 3.55. The van der Waals surface area contributed by atoms with Crippen molar-refractivity contribution >= 4 is 0 Å². The molecule has 0 aromatic heterocycles. The van der Waals surface area contributed by atoms with Crippen LogP contribution in [0.25, 0.3) is 0 Å². The molecule has 0 bridgehead atoms. The molecule has 1 aromatic rings. The van der Waals surface area contributed by atoms with E-state index >= 15 is 0 Å². The highest BCUT2D eigenvalue weighted by Crippen LogP contribution is 2.49. The summed E-state index contributed by atoms with van der Waals surface area (Å²) in [7, 11) is 0. The van der Waals surface area contributed by atoms with Gasteiger partial charge in [0.25, 0.3) is 0 Å². The maximum atomic E-state index is 6.49. The number of fused-ring (bicyclic) bond motifs is 2. The molecule has 1 spiro atoms. The molecule has 4 heteroatoms. The van der Waals surface area contributed by atoms with Crippen LogP contribution in [0.15, 0.2) is 12.1 Å². The van der Waals surface area contributed by atoms with E-state index in [2.05, 4.69) is 18.3 Å². The van der Waals surface area contributed by atoms with Crippen LogP contribution in [0, 0.1) is 0 Å². The molecule has 0 amide bonds. The highest BCUT2D eigenvalue weighted by molar-refractivity contribution is 5.54. The van der Waals surface area contributed by atoms with Crippen molar-refractivity contribution in [2.45, 2.75) is 57.1 Å². The molecule has 4 nitrogen and oxygen atoms in total. The second kappa shape index (κ2) is 5.09. The van der Waals surface area contributed by atoms with Crippen molar-refractivity contribution in [3.05, 3.63) is 17.7 Å². The molecule has 1 N–H and O–H groups in total. The first kappa shape index (κ1) is 13.3. The van der Waals surface area contributed by atoms with Crippen LogP contribution < -0.4 is 19.5 Å². The van der Waals surface area contributed by atoms with E-state index in [9.17, 15) is 0 Å². The number of nitrogens with one attached hydrogen (secondary N) is 1. The van der Waals surface area contributed by atoms with E-state index in [1.54, 1.807) is 0 Å². The van der Waals surface area contributed by atoms with Gasteiger partial charge >= 0.3 is 0 Å². The quantitative estimate of drug-likeness (QED) is 0.904. The minimum absolute atomic E-state index is 0.0196. The highest BCUT2D eigenvalue weighted by atomic mass is 16.7. The highest BCUT2D eigenvalue weighted by Gasteiger charge is 2.42. The Bertz CT molecular complexity index is 537. The van der Waals surface area contributed by atoms with Crippen LogP contribution in [0.1, 0.15) is 57.1 Å². The first-order valence-corrected chi connectivity index (χ1v) is 8.16. The lowest BCUT2D eigenvalue weighted by Crippen LogP contribution is -2.45. The van der Waals surface area contributed by atoms with Crippen molar-refractivity contribution < 1.29 is 14.2 Å². The van der Waals surface area contributed by atoms with Crippen LogP contribution in [0.5, 0.6) is 17.2 Å². The third-order valence-corrected chi connectivity index (χ3v) is 5.00. The summed E-state index contributed by atoms with van der Waals surface area (Å²) < 4.78 is 17.5. The SMILES string of the molecule is CCNC1CC2(CCCCC2)Oc2cc3c(cc21)OCO3. The summed E-state index contributed by atoms with van der Waals surface area (Å²) in [6, 6.07) is 4.48. The molecule has 1 saturated carbocycles. The average molecular weight is 289 g/mol. The molecule has 1 aliphatic carbocycles. The molecule has 0 radical (unpaired) electrons. The Morgan fingerprint density at radius 2 is 1.86 bits per heavy atom. The van der Waals surface area contributed by atoms with Gasteiger partial charge in [0.2, 0.25) is 6.79 Å². The normalized spacial score (nSPS) is 25.5. The van der Waals surface area contributed by atoms with E-state index in [4.69, 9.17) is 14.2 Å². The number of hydrogen-bond donors (Lipinski definition) is 1. The molecule has 2 heterocycles. The molecular weight excluding hydrogens is 266 g/mol. The summed E-state index contributed by atoms with van der Waals surface area (Å²) in [6.45, 7) is 3.44. The van der Waals surface area contributed by atoms with E-state index in [0.717, 1.165) is 30.2 Å². The van der Waals surface area contributed by atoms with Crippen molar-refractivity contribution in [2.24, 2.45) is 0 Å². The number of benzene rings is 1. The fourth-order valence-electron chi connectivity index (χ4n) is 3.99. The maximum absolute atomic E-state index is 6.49. The van der Waals surface area contributed by atoms with Gasteiger partial charge in [-0.1, -0.05) is 13.3 Å². The van der Waals surface area contributed by atoms with E-state index in [1.165, 1.54) is 37.7 Å². The summed E-state index contributed by atoms with van der Waals surface area (Å²) in [4.78, 5) is 0. The third kappa shape index (κ3) is 2.26. The van der Waals surface area contributed by atoms with Gasteiger partial charge in [0.05, 0.1) is 0 Å². The van der Waals surface area contributed by atoms with Crippen LogP contribution in [0.2, 0.25) is 0 Å². The van der Waals surface area contributed by atoms with Gasteiger partial charge in [0.1, 0.15) is 11.4 Å². The lowest BCUT2D eigenvalue weighted by molar-refractivity contribution is -0.00256. The van der Waals surface area contributed by atoms with Crippen molar-refractivity contribution in [1.29, 1.82) is 0 Å². The molecule has 3 aliphatic rings. The van der Waals surface area contributed by atoms with Crippen molar-refractivity contribution in [2.75, 3.05) is 13.3 Å². The van der Waals surface area contributed by atoms with Crippen molar-refractivity contribution in [3.8, 4) is 17.2 Å². The molecular formula is C17H23NO3. The second-order valence-corrected chi connectivity index (χ2v) is 6.40. The molecule has 21 heavy (non-hydrogen) atoms. The third-order valence-electron chi connectivity index (χ3n) is 5.00. The minimum Gasteiger partial charge on any atom is -0.487 e. The molecule has 1 unspecified atom stereocenters. The van der Waals surface area contributed by atoms with Crippen LogP contribution >= 0.6 is 0 Å². The molecule has 2 aliphatic heterocycles. The first-order chi connectivity index (χ1) is 10.3. The van der Waals surface area contributed by atoms with Crippen molar-refractivity contribution in [1.82, 2.24) is 5.32 Å². The maximum Gasteiger partial charge on any atom is 0.231 e. The van der Waals surface area contributed by atoms with Gasteiger partial charge in [0.15, 0.2) is 11.5 Å². The number of hydrogen-bond acceptors (Lipinski definition) is 4. The first-order valence-electron chi connectivity index (χ1n) is 8.16. The summed E-state index contributed by atoms with van der Waals surface area (Å²) >= 11 is 0. The fraction of sp³-hybridized carbons (Fsp3) is 0.647. The molecule has 4 rings (SSSR count).